The first-order valence-corrected chi connectivity index (χ1v) is 7.90. The van der Waals surface area contributed by atoms with Crippen molar-refractivity contribution in [2.75, 3.05) is 6.61 Å². The molecule has 0 aliphatic rings. The molecule has 0 saturated heterocycles. The average Bonchev–Trinajstić information content (AvgIpc) is 2.60. The van der Waals surface area contributed by atoms with Crippen molar-refractivity contribution < 1.29 is 19.4 Å². The van der Waals surface area contributed by atoms with Gasteiger partial charge in [-0.25, -0.2) is 0 Å². The number of aliphatic carboxylic acids is 1. The van der Waals surface area contributed by atoms with Crippen LogP contribution < -0.4 is 10.1 Å². The molecule has 2 aromatic carbocycles. The van der Waals surface area contributed by atoms with Crippen LogP contribution in [-0.2, 0) is 4.79 Å². The van der Waals surface area contributed by atoms with E-state index in [0.717, 1.165) is 17.7 Å². The Morgan fingerprint density at radius 2 is 1.75 bits per heavy atom. The first-order valence-electron chi connectivity index (χ1n) is 7.90. The molecule has 0 aliphatic heterocycles. The molecule has 0 unspecified atom stereocenters. The number of hydrogen-bond acceptors (Lipinski definition) is 3. The molecule has 0 bridgehead atoms. The summed E-state index contributed by atoms with van der Waals surface area (Å²) in [5.74, 6) is -0.545. The van der Waals surface area contributed by atoms with Crippen molar-refractivity contribution in [2.45, 2.75) is 25.8 Å². The Morgan fingerprint density at radius 1 is 1.08 bits per heavy atom. The number of carbonyl (C=O) groups is 2. The van der Waals surface area contributed by atoms with Crippen LogP contribution in [-0.4, -0.2) is 23.6 Å². The van der Waals surface area contributed by atoms with Gasteiger partial charge < -0.3 is 15.2 Å². The van der Waals surface area contributed by atoms with Gasteiger partial charge in [-0.3, -0.25) is 9.59 Å². The summed E-state index contributed by atoms with van der Waals surface area (Å²) in [7, 11) is 0. The van der Waals surface area contributed by atoms with E-state index in [-0.39, 0.29) is 12.3 Å². The Balaban J connectivity index is 2.12. The molecule has 2 N–H and O–H groups in total. The fourth-order valence-electron chi connectivity index (χ4n) is 2.27. The van der Waals surface area contributed by atoms with Gasteiger partial charge in [0.2, 0.25) is 0 Å². The van der Waals surface area contributed by atoms with Crippen LogP contribution in [0.2, 0.25) is 0 Å². The topological polar surface area (TPSA) is 75.6 Å². The highest BCUT2D eigenvalue weighted by molar-refractivity contribution is 5.94. The second kappa shape index (κ2) is 8.72. The highest BCUT2D eigenvalue weighted by atomic mass is 16.5. The van der Waals surface area contributed by atoms with Gasteiger partial charge >= 0.3 is 5.97 Å². The number of carboxylic acid groups (broad SMARTS) is 1. The predicted molar refractivity (Wildman–Crippen MR) is 91.1 cm³/mol. The summed E-state index contributed by atoms with van der Waals surface area (Å²) in [4.78, 5) is 23.4. The summed E-state index contributed by atoms with van der Waals surface area (Å²) in [5.41, 5.74) is 1.22. The molecule has 0 radical (unpaired) electrons. The van der Waals surface area contributed by atoms with Crippen molar-refractivity contribution in [2.24, 2.45) is 0 Å². The van der Waals surface area contributed by atoms with E-state index in [4.69, 9.17) is 9.84 Å². The van der Waals surface area contributed by atoms with Crippen LogP contribution in [0.1, 0.15) is 41.7 Å². The zero-order valence-electron chi connectivity index (χ0n) is 13.6. The minimum atomic E-state index is -0.973. The molecule has 0 heterocycles. The normalized spacial score (nSPS) is 11.5. The standard InChI is InChI=1S/C19H21NO4/c1-2-12-24-16-10-8-14(9-11-16)17(13-18(21)22)20-19(23)15-6-4-3-5-7-15/h3-11,17H,2,12-13H2,1H3,(H,20,23)(H,21,22)/t17-/m0/s1. The third-order valence-electron chi connectivity index (χ3n) is 3.48. The number of benzene rings is 2. The van der Waals surface area contributed by atoms with Crippen LogP contribution >= 0.6 is 0 Å². The van der Waals surface area contributed by atoms with Crippen LogP contribution in [0, 0.1) is 0 Å². The molecule has 24 heavy (non-hydrogen) atoms. The number of rotatable bonds is 8. The van der Waals surface area contributed by atoms with Gasteiger partial charge in [-0.15, -0.1) is 0 Å². The van der Waals surface area contributed by atoms with Gasteiger partial charge in [0.1, 0.15) is 5.75 Å². The number of carboxylic acids is 1. The van der Waals surface area contributed by atoms with Gasteiger partial charge in [-0.05, 0) is 36.2 Å². The lowest BCUT2D eigenvalue weighted by atomic mass is 10.0. The first kappa shape index (κ1) is 17.5. The monoisotopic (exact) mass is 327 g/mol. The highest BCUT2D eigenvalue weighted by Gasteiger charge is 2.19. The molecule has 0 aromatic heterocycles. The Kier molecular flexibility index (Phi) is 6.37. The summed E-state index contributed by atoms with van der Waals surface area (Å²) in [6.07, 6.45) is 0.726. The quantitative estimate of drug-likeness (QED) is 0.779. The van der Waals surface area contributed by atoms with Gasteiger partial charge in [0.25, 0.3) is 5.91 Å². The van der Waals surface area contributed by atoms with E-state index < -0.39 is 12.0 Å². The van der Waals surface area contributed by atoms with E-state index in [9.17, 15) is 9.59 Å². The number of hydrogen-bond donors (Lipinski definition) is 2. The summed E-state index contributed by atoms with van der Waals surface area (Å²) in [6.45, 7) is 2.65. The summed E-state index contributed by atoms with van der Waals surface area (Å²) >= 11 is 0. The predicted octanol–water partition coefficient (Wildman–Crippen LogP) is 3.42. The van der Waals surface area contributed by atoms with Crippen molar-refractivity contribution >= 4 is 11.9 Å². The number of ether oxygens (including phenoxy) is 1. The molecule has 0 aliphatic carbocycles. The van der Waals surface area contributed by atoms with E-state index in [1.807, 2.05) is 13.0 Å². The molecule has 2 aromatic rings. The van der Waals surface area contributed by atoms with Gasteiger partial charge in [-0.2, -0.15) is 0 Å². The second-order valence-electron chi connectivity index (χ2n) is 5.41. The van der Waals surface area contributed by atoms with E-state index in [2.05, 4.69) is 5.32 Å². The highest BCUT2D eigenvalue weighted by Crippen LogP contribution is 2.21. The van der Waals surface area contributed by atoms with Gasteiger partial charge in [0, 0.05) is 5.56 Å². The maximum atomic E-state index is 12.3. The lowest BCUT2D eigenvalue weighted by Gasteiger charge is -2.18. The van der Waals surface area contributed by atoms with Crippen LogP contribution in [0.3, 0.4) is 0 Å². The Bertz CT molecular complexity index is 668. The van der Waals surface area contributed by atoms with E-state index in [1.165, 1.54) is 0 Å². The summed E-state index contributed by atoms with van der Waals surface area (Å²) < 4.78 is 5.52. The fraction of sp³-hybridized carbons (Fsp3) is 0.263. The maximum Gasteiger partial charge on any atom is 0.305 e. The molecular formula is C19H21NO4. The molecule has 0 fully saturated rings. The lowest BCUT2D eigenvalue weighted by molar-refractivity contribution is -0.137. The fourth-order valence-corrected chi connectivity index (χ4v) is 2.27. The van der Waals surface area contributed by atoms with Crippen molar-refractivity contribution in [3.8, 4) is 5.75 Å². The zero-order valence-corrected chi connectivity index (χ0v) is 13.6. The zero-order chi connectivity index (χ0) is 17.4. The van der Waals surface area contributed by atoms with Gasteiger partial charge in [-0.1, -0.05) is 37.3 Å². The minimum absolute atomic E-state index is 0.187. The summed E-state index contributed by atoms with van der Waals surface area (Å²) in [5, 5.41) is 11.9. The van der Waals surface area contributed by atoms with E-state index in [1.54, 1.807) is 48.5 Å². The molecule has 1 atom stereocenters. The van der Waals surface area contributed by atoms with Crippen molar-refractivity contribution in [3.63, 3.8) is 0 Å². The molecule has 5 nitrogen and oxygen atoms in total. The molecular weight excluding hydrogens is 306 g/mol. The lowest BCUT2D eigenvalue weighted by Crippen LogP contribution is -2.30. The van der Waals surface area contributed by atoms with E-state index >= 15 is 0 Å². The number of amides is 1. The van der Waals surface area contributed by atoms with Crippen LogP contribution in [0.4, 0.5) is 0 Å². The third kappa shape index (κ3) is 5.12. The largest absolute Gasteiger partial charge is 0.494 e. The molecule has 126 valence electrons. The van der Waals surface area contributed by atoms with Crippen LogP contribution in [0.25, 0.3) is 0 Å². The third-order valence-corrected chi connectivity index (χ3v) is 3.48. The molecule has 0 saturated carbocycles. The first-order chi connectivity index (χ1) is 11.6. The Labute approximate surface area is 141 Å². The van der Waals surface area contributed by atoms with Crippen molar-refractivity contribution in [1.82, 2.24) is 5.32 Å². The number of carbonyl (C=O) groups excluding carboxylic acids is 1. The maximum absolute atomic E-state index is 12.3. The Hall–Kier alpha value is -2.82. The molecule has 0 spiro atoms. The van der Waals surface area contributed by atoms with Crippen LogP contribution in [0.15, 0.2) is 54.6 Å². The van der Waals surface area contributed by atoms with Gasteiger partial charge in [0.05, 0.1) is 19.1 Å². The number of nitrogens with one attached hydrogen (secondary N) is 1. The minimum Gasteiger partial charge on any atom is -0.494 e. The molecule has 2 rings (SSSR count). The molecule has 1 amide bonds. The summed E-state index contributed by atoms with van der Waals surface area (Å²) in [6, 6.07) is 15.3. The average molecular weight is 327 g/mol. The second-order valence-corrected chi connectivity index (χ2v) is 5.41. The van der Waals surface area contributed by atoms with Crippen molar-refractivity contribution in [3.05, 3.63) is 65.7 Å². The Morgan fingerprint density at radius 3 is 2.33 bits per heavy atom. The SMILES string of the molecule is CCCOc1ccc([C@H](CC(=O)O)NC(=O)c2ccccc2)cc1. The van der Waals surface area contributed by atoms with E-state index in [0.29, 0.717) is 12.2 Å². The van der Waals surface area contributed by atoms with Crippen LogP contribution in [0.5, 0.6) is 5.75 Å². The van der Waals surface area contributed by atoms with Gasteiger partial charge in [0.15, 0.2) is 0 Å². The molecule has 5 heteroatoms. The smallest absolute Gasteiger partial charge is 0.305 e. The van der Waals surface area contributed by atoms with Crippen molar-refractivity contribution in [1.29, 1.82) is 0 Å².